The number of Topliss-reactive ketones (excluding diaryl/α,β-unsaturated/α-hetero) is 1. The van der Waals surface area contributed by atoms with Crippen molar-refractivity contribution in [2.24, 2.45) is 0 Å². The second-order valence-corrected chi connectivity index (χ2v) is 5.95. The Labute approximate surface area is 111 Å². The van der Waals surface area contributed by atoms with Gasteiger partial charge >= 0.3 is 0 Å². The van der Waals surface area contributed by atoms with Crippen LogP contribution in [0.25, 0.3) is 0 Å². The van der Waals surface area contributed by atoms with E-state index < -0.39 is 5.54 Å². The van der Waals surface area contributed by atoms with Crippen molar-refractivity contribution in [2.45, 2.75) is 45.6 Å². The van der Waals surface area contributed by atoms with Gasteiger partial charge in [0.25, 0.3) is 0 Å². The fourth-order valence-electron chi connectivity index (χ4n) is 1.67. The molecule has 0 heterocycles. The van der Waals surface area contributed by atoms with Gasteiger partial charge in [0, 0.05) is 6.42 Å². The van der Waals surface area contributed by atoms with Gasteiger partial charge in [-0.25, -0.2) is 0 Å². The average molecular weight is 247 g/mol. The second-order valence-electron chi connectivity index (χ2n) is 5.95. The number of hydrogen-bond donors (Lipinski definition) is 0. The van der Waals surface area contributed by atoms with Gasteiger partial charge in [0.2, 0.25) is 0 Å². The maximum absolute atomic E-state index is 12.3. The lowest BCUT2D eigenvalue weighted by atomic mass is 9.91. The van der Waals surface area contributed by atoms with Crippen LogP contribution >= 0.6 is 0 Å². The third-order valence-electron chi connectivity index (χ3n) is 3.81. The summed E-state index contributed by atoms with van der Waals surface area (Å²) < 4.78 is 0. The van der Waals surface area contributed by atoms with Crippen LogP contribution in [0.1, 0.15) is 44.7 Å². The van der Waals surface area contributed by atoms with Crippen molar-refractivity contribution >= 4 is 5.78 Å². The lowest BCUT2D eigenvalue weighted by Crippen LogP contribution is -2.46. The van der Waals surface area contributed by atoms with E-state index in [-0.39, 0.29) is 5.78 Å². The molecule has 2 heteroatoms. The van der Waals surface area contributed by atoms with Gasteiger partial charge in [-0.1, -0.05) is 38.1 Å². The summed E-state index contributed by atoms with van der Waals surface area (Å²) in [6, 6.07) is 8.38. The highest BCUT2D eigenvalue weighted by Crippen LogP contribution is 2.18. The maximum atomic E-state index is 12.3. The molecule has 0 fully saturated rings. The minimum Gasteiger partial charge on any atom is -0.298 e. The molecular formula is C16H25NO. The zero-order valence-electron chi connectivity index (χ0n) is 12.4. The summed E-state index contributed by atoms with van der Waals surface area (Å²) >= 11 is 0. The van der Waals surface area contributed by atoms with Crippen LogP contribution in [0.15, 0.2) is 24.3 Å². The Morgan fingerprint density at radius 1 is 1.17 bits per heavy atom. The van der Waals surface area contributed by atoms with Gasteiger partial charge in [0.15, 0.2) is 5.78 Å². The summed E-state index contributed by atoms with van der Waals surface area (Å²) in [6.45, 7) is 8.29. The fourth-order valence-corrected chi connectivity index (χ4v) is 1.67. The molecule has 1 aromatic carbocycles. The molecule has 0 saturated carbocycles. The number of hydrogen-bond acceptors (Lipinski definition) is 2. The van der Waals surface area contributed by atoms with E-state index in [1.165, 1.54) is 5.56 Å². The number of ketones is 1. The van der Waals surface area contributed by atoms with E-state index in [1.54, 1.807) is 0 Å². The van der Waals surface area contributed by atoms with E-state index in [0.717, 1.165) is 5.56 Å². The van der Waals surface area contributed by atoms with Crippen LogP contribution < -0.4 is 0 Å². The van der Waals surface area contributed by atoms with Gasteiger partial charge in [0.05, 0.1) is 5.54 Å². The van der Waals surface area contributed by atoms with Gasteiger partial charge < -0.3 is 0 Å². The lowest BCUT2D eigenvalue weighted by molar-refractivity contribution is -0.127. The molecule has 0 unspecified atom stereocenters. The number of carbonyl (C=O) groups excluding carboxylic acids is 1. The minimum atomic E-state index is -0.406. The minimum absolute atomic E-state index is 0.254. The van der Waals surface area contributed by atoms with E-state index >= 15 is 0 Å². The SMILES string of the molecule is CC(C)c1ccc(CC(=O)C(C)(C)N(C)C)cc1. The molecule has 0 atom stereocenters. The molecular weight excluding hydrogens is 222 g/mol. The smallest absolute Gasteiger partial charge is 0.156 e. The van der Waals surface area contributed by atoms with Gasteiger partial charge in [0.1, 0.15) is 0 Å². The fraction of sp³-hybridized carbons (Fsp3) is 0.562. The van der Waals surface area contributed by atoms with Gasteiger partial charge in [-0.15, -0.1) is 0 Å². The predicted octanol–water partition coefficient (Wildman–Crippen LogP) is 3.26. The first-order valence-corrected chi connectivity index (χ1v) is 6.54. The molecule has 1 aromatic rings. The van der Waals surface area contributed by atoms with E-state index in [9.17, 15) is 4.79 Å². The highest BCUT2D eigenvalue weighted by Gasteiger charge is 2.29. The number of rotatable bonds is 5. The summed E-state index contributed by atoms with van der Waals surface area (Å²) in [6.07, 6.45) is 0.504. The van der Waals surface area contributed by atoms with Crippen LogP contribution in [0.2, 0.25) is 0 Å². The Hall–Kier alpha value is -1.15. The Bertz CT molecular complexity index is 402. The molecule has 0 N–H and O–H groups in total. The summed E-state index contributed by atoms with van der Waals surface area (Å²) in [4.78, 5) is 14.2. The summed E-state index contributed by atoms with van der Waals surface area (Å²) in [5, 5.41) is 0. The van der Waals surface area contributed by atoms with Crippen LogP contribution in [0.5, 0.6) is 0 Å². The van der Waals surface area contributed by atoms with Crippen LogP contribution in [0, 0.1) is 0 Å². The van der Waals surface area contributed by atoms with E-state index in [0.29, 0.717) is 12.3 Å². The molecule has 0 spiro atoms. The Morgan fingerprint density at radius 2 is 1.67 bits per heavy atom. The monoisotopic (exact) mass is 247 g/mol. The third-order valence-corrected chi connectivity index (χ3v) is 3.81. The molecule has 1 rings (SSSR count). The van der Waals surface area contributed by atoms with Crippen LogP contribution in [0.3, 0.4) is 0 Å². The summed E-state index contributed by atoms with van der Waals surface area (Å²) in [5.74, 6) is 0.790. The number of carbonyl (C=O) groups is 1. The average Bonchev–Trinajstić information content (AvgIpc) is 2.29. The van der Waals surface area contributed by atoms with Crippen molar-refractivity contribution < 1.29 is 4.79 Å². The van der Waals surface area contributed by atoms with Gasteiger partial charge in [-0.3, -0.25) is 9.69 Å². The van der Waals surface area contributed by atoms with Gasteiger partial charge in [-0.05, 0) is 45.0 Å². The largest absolute Gasteiger partial charge is 0.298 e. The van der Waals surface area contributed by atoms with Crippen molar-refractivity contribution in [1.29, 1.82) is 0 Å². The van der Waals surface area contributed by atoms with Crippen molar-refractivity contribution in [2.75, 3.05) is 14.1 Å². The molecule has 18 heavy (non-hydrogen) atoms. The Balaban J connectivity index is 2.77. The zero-order valence-corrected chi connectivity index (χ0v) is 12.4. The Kier molecular flexibility index (Phi) is 4.69. The lowest BCUT2D eigenvalue weighted by Gasteiger charge is -2.31. The maximum Gasteiger partial charge on any atom is 0.156 e. The van der Waals surface area contributed by atoms with Crippen LogP contribution in [-0.2, 0) is 11.2 Å². The molecule has 0 aliphatic carbocycles. The molecule has 0 aliphatic rings. The quantitative estimate of drug-likeness (QED) is 0.796. The number of likely N-dealkylation sites (N-methyl/N-ethyl adjacent to an activating group) is 1. The summed E-state index contributed by atoms with van der Waals surface area (Å²) in [7, 11) is 3.89. The highest BCUT2D eigenvalue weighted by atomic mass is 16.1. The van der Waals surface area contributed by atoms with Crippen molar-refractivity contribution in [3.63, 3.8) is 0 Å². The van der Waals surface area contributed by atoms with Crippen molar-refractivity contribution in [3.8, 4) is 0 Å². The first-order valence-electron chi connectivity index (χ1n) is 6.54. The predicted molar refractivity (Wildman–Crippen MR) is 77.0 cm³/mol. The van der Waals surface area contributed by atoms with Crippen molar-refractivity contribution in [3.05, 3.63) is 35.4 Å². The molecule has 0 bridgehead atoms. The zero-order chi connectivity index (χ0) is 13.9. The molecule has 0 amide bonds. The standard InChI is InChI=1S/C16H25NO/c1-12(2)14-9-7-13(8-10-14)11-15(18)16(3,4)17(5)6/h7-10,12H,11H2,1-6H3. The molecule has 0 aromatic heterocycles. The topological polar surface area (TPSA) is 20.3 Å². The molecule has 0 aliphatic heterocycles. The third kappa shape index (κ3) is 3.42. The van der Waals surface area contributed by atoms with Crippen molar-refractivity contribution in [1.82, 2.24) is 4.90 Å². The van der Waals surface area contributed by atoms with E-state index in [4.69, 9.17) is 0 Å². The molecule has 100 valence electrons. The number of benzene rings is 1. The summed E-state index contributed by atoms with van der Waals surface area (Å²) in [5.41, 5.74) is 2.01. The van der Waals surface area contributed by atoms with Crippen LogP contribution in [0.4, 0.5) is 0 Å². The first kappa shape index (κ1) is 14.9. The number of nitrogens with zero attached hydrogens (tertiary/aromatic N) is 1. The van der Waals surface area contributed by atoms with E-state index in [1.807, 2.05) is 32.8 Å². The van der Waals surface area contributed by atoms with E-state index in [2.05, 4.69) is 38.1 Å². The molecule has 0 radical (unpaired) electrons. The Morgan fingerprint density at radius 3 is 2.06 bits per heavy atom. The highest BCUT2D eigenvalue weighted by molar-refractivity contribution is 5.89. The molecule has 2 nitrogen and oxygen atoms in total. The van der Waals surface area contributed by atoms with Crippen LogP contribution in [-0.4, -0.2) is 30.3 Å². The van der Waals surface area contributed by atoms with Gasteiger partial charge in [-0.2, -0.15) is 0 Å². The normalized spacial score (nSPS) is 12.2. The first-order chi connectivity index (χ1) is 8.25. The molecule has 0 saturated heterocycles. The second kappa shape index (κ2) is 5.66.